The SMILES string of the molecule is Cc1ccccc1CC(O)c1ccc2c(c1)CC(C)(C)O2. The molecule has 2 aromatic rings. The number of aryl methyl sites for hydroxylation is 1. The third kappa shape index (κ3) is 2.96. The Labute approximate surface area is 126 Å². The summed E-state index contributed by atoms with van der Waals surface area (Å²) in [6.45, 7) is 6.27. The van der Waals surface area contributed by atoms with Crippen LogP contribution in [-0.4, -0.2) is 10.7 Å². The lowest BCUT2D eigenvalue weighted by Gasteiger charge is -2.16. The Morgan fingerprint density at radius 1 is 1.19 bits per heavy atom. The molecule has 21 heavy (non-hydrogen) atoms. The van der Waals surface area contributed by atoms with E-state index >= 15 is 0 Å². The van der Waals surface area contributed by atoms with Crippen molar-refractivity contribution < 1.29 is 9.84 Å². The molecule has 0 saturated heterocycles. The Morgan fingerprint density at radius 2 is 1.95 bits per heavy atom. The molecule has 0 bridgehead atoms. The Kier molecular flexibility index (Phi) is 3.50. The van der Waals surface area contributed by atoms with Gasteiger partial charge in [-0.1, -0.05) is 30.3 Å². The molecule has 1 aliphatic rings. The van der Waals surface area contributed by atoms with Crippen LogP contribution in [0.25, 0.3) is 0 Å². The smallest absolute Gasteiger partial charge is 0.123 e. The average molecular weight is 282 g/mol. The zero-order valence-corrected chi connectivity index (χ0v) is 12.9. The van der Waals surface area contributed by atoms with Gasteiger partial charge in [-0.3, -0.25) is 0 Å². The monoisotopic (exact) mass is 282 g/mol. The molecule has 1 N–H and O–H groups in total. The molecule has 110 valence electrons. The molecule has 1 aliphatic heterocycles. The van der Waals surface area contributed by atoms with Crippen LogP contribution in [0.15, 0.2) is 42.5 Å². The highest BCUT2D eigenvalue weighted by Crippen LogP contribution is 2.36. The Bertz CT molecular complexity index is 658. The Morgan fingerprint density at radius 3 is 2.71 bits per heavy atom. The molecule has 1 unspecified atom stereocenters. The summed E-state index contributed by atoms with van der Waals surface area (Å²) in [4.78, 5) is 0. The third-order valence-corrected chi connectivity index (χ3v) is 4.15. The molecule has 0 spiro atoms. The number of aliphatic hydroxyl groups is 1. The van der Waals surface area contributed by atoms with Gasteiger partial charge >= 0.3 is 0 Å². The molecule has 0 saturated carbocycles. The number of fused-ring (bicyclic) bond motifs is 1. The molecule has 0 radical (unpaired) electrons. The Balaban J connectivity index is 1.81. The second-order valence-electron chi connectivity index (χ2n) is 6.55. The molecular weight excluding hydrogens is 260 g/mol. The van der Waals surface area contributed by atoms with Gasteiger partial charge in [0.25, 0.3) is 0 Å². The average Bonchev–Trinajstić information content (AvgIpc) is 2.74. The molecule has 2 heteroatoms. The number of benzene rings is 2. The zero-order chi connectivity index (χ0) is 15.0. The number of ether oxygens (including phenoxy) is 1. The van der Waals surface area contributed by atoms with Crippen molar-refractivity contribution in [3.63, 3.8) is 0 Å². The lowest BCUT2D eigenvalue weighted by Crippen LogP contribution is -2.24. The van der Waals surface area contributed by atoms with Crippen LogP contribution in [0, 0.1) is 6.92 Å². The first-order valence-corrected chi connectivity index (χ1v) is 7.49. The fourth-order valence-corrected chi connectivity index (χ4v) is 3.00. The largest absolute Gasteiger partial charge is 0.487 e. The predicted octanol–water partition coefficient (Wildman–Crippen LogP) is 3.98. The van der Waals surface area contributed by atoms with Crippen molar-refractivity contribution in [3.8, 4) is 5.75 Å². The molecule has 0 aliphatic carbocycles. The molecule has 1 atom stereocenters. The van der Waals surface area contributed by atoms with E-state index in [2.05, 4.69) is 39.0 Å². The highest BCUT2D eigenvalue weighted by molar-refractivity contribution is 5.42. The fourth-order valence-electron chi connectivity index (χ4n) is 3.00. The lowest BCUT2D eigenvalue weighted by molar-refractivity contribution is 0.138. The topological polar surface area (TPSA) is 29.5 Å². The van der Waals surface area contributed by atoms with Crippen LogP contribution in [0.3, 0.4) is 0 Å². The minimum Gasteiger partial charge on any atom is -0.487 e. The van der Waals surface area contributed by atoms with E-state index in [9.17, 15) is 5.11 Å². The van der Waals surface area contributed by atoms with Crippen LogP contribution in [0.4, 0.5) is 0 Å². The third-order valence-electron chi connectivity index (χ3n) is 4.15. The molecule has 0 aromatic heterocycles. The van der Waals surface area contributed by atoms with Crippen molar-refractivity contribution in [2.24, 2.45) is 0 Å². The van der Waals surface area contributed by atoms with Crippen molar-refractivity contribution in [2.45, 2.75) is 45.3 Å². The first kappa shape index (κ1) is 14.2. The second kappa shape index (κ2) is 5.19. The molecule has 0 amide bonds. The van der Waals surface area contributed by atoms with Crippen molar-refractivity contribution in [3.05, 3.63) is 64.7 Å². The van der Waals surface area contributed by atoms with Gasteiger partial charge in [0.2, 0.25) is 0 Å². The van der Waals surface area contributed by atoms with Gasteiger partial charge < -0.3 is 9.84 Å². The van der Waals surface area contributed by atoms with Gasteiger partial charge in [0.1, 0.15) is 11.4 Å². The van der Waals surface area contributed by atoms with E-state index in [1.54, 1.807) is 0 Å². The molecule has 2 aromatic carbocycles. The normalized spacial score (nSPS) is 17.1. The summed E-state index contributed by atoms with van der Waals surface area (Å²) in [5.41, 5.74) is 4.45. The van der Waals surface area contributed by atoms with Gasteiger partial charge in [-0.25, -0.2) is 0 Å². The van der Waals surface area contributed by atoms with E-state index in [0.717, 1.165) is 17.7 Å². The molecular formula is C19H22O2. The molecule has 0 fully saturated rings. The summed E-state index contributed by atoms with van der Waals surface area (Å²) in [6.07, 6.45) is 1.07. The van der Waals surface area contributed by atoms with Crippen molar-refractivity contribution in [2.75, 3.05) is 0 Å². The predicted molar refractivity (Wildman–Crippen MR) is 84.7 cm³/mol. The Hall–Kier alpha value is -1.80. The van der Waals surface area contributed by atoms with Gasteiger partial charge in [0.05, 0.1) is 6.10 Å². The van der Waals surface area contributed by atoms with E-state index in [-0.39, 0.29) is 5.60 Å². The van der Waals surface area contributed by atoms with Gasteiger partial charge in [-0.15, -0.1) is 0 Å². The summed E-state index contributed by atoms with van der Waals surface area (Å²) in [5.74, 6) is 0.951. The number of hydrogen-bond acceptors (Lipinski definition) is 2. The minimum atomic E-state index is -0.472. The van der Waals surface area contributed by atoms with Crippen LogP contribution in [-0.2, 0) is 12.8 Å². The summed E-state index contributed by atoms with van der Waals surface area (Å²) in [7, 11) is 0. The lowest BCUT2D eigenvalue weighted by atomic mass is 9.95. The van der Waals surface area contributed by atoms with Crippen molar-refractivity contribution >= 4 is 0 Å². The summed E-state index contributed by atoms with van der Waals surface area (Å²) < 4.78 is 5.88. The number of hydrogen-bond donors (Lipinski definition) is 1. The van der Waals surface area contributed by atoms with Crippen LogP contribution >= 0.6 is 0 Å². The maximum absolute atomic E-state index is 10.5. The van der Waals surface area contributed by atoms with E-state index < -0.39 is 6.10 Å². The quantitative estimate of drug-likeness (QED) is 0.922. The van der Waals surface area contributed by atoms with Gasteiger partial charge in [0.15, 0.2) is 0 Å². The van der Waals surface area contributed by atoms with Crippen LogP contribution < -0.4 is 4.74 Å². The highest BCUT2D eigenvalue weighted by Gasteiger charge is 2.30. The van der Waals surface area contributed by atoms with Crippen LogP contribution in [0.1, 0.15) is 42.2 Å². The number of rotatable bonds is 3. The molecule has 3 rings (SSSR count). The first-order valence-electron chi connectivity index (χ1n) is 7.49. The standard InChI is InChI=1S/C19H22O2/c1-13-6-4-5-7-14(13)11-17(20)15-8-9-18-16(10-15)12-19(2,3)21-18/h4-10,17,20H,11-12H2,1-3H3. The maximum atomic E-state index is 10.5. The summed E-state index contributed by atoms with van der Waals surface area (Å²) in [6, 6.07) is 14.3. The summed E-state index contributed by atoms with van der Waals surface area (Å²) in [5, 5.41) is 10.5. The van der Waals surface area contributed by atoms with E-state index in [0.29, 0.717) is 6.42 Å². The minimum absolute atomic E-state index is 0.137. The van der Waals surface area contributed by atoms with Gasteiger partial charge in [-0.2, -0.15) is 0 Å². The number of aliphatic hydroxyl groups excluding tert-OH is 1. The zero-order valence-electron chi connectivity index (χ0n) is 12.9. The molecule has 1 heterocycles. The van der Waals surface area contributed by atoms with E-state index in [4.69, 9.17) is 4.74 Å². The van der Waals surface area contributed by atoms with Crippen molar-refractivity contribution in [1.82, 2.24) is 0 Å². The fraction of sp³-hybridized carbons (Fsp3) is 0.368. The van der Waals surface area contributed by atoms with Crippen LogP contribution in [0.2, 0.25) is 0 Å². The van der Waals surface area contributed by atoms with Gasteiger partial charge in [0, 0.05) is 12.8 Å². The first-order chi connectivity index (χ1) is 9.94. The highest BCUT2D eigenvalue weighted by atomic mass is 16.5. The van der Waals surface area contributed by atoms with E-state index in [1.165, 1.54) is 16.7 Å². The second-order valence-corrected chi connectivity index (χ2v) is 6.55. The van der Waals surface area contributed by atoms with E-state index in [1.807, 2.05) is 24.3 Å². The maximum Gasteiger partial charge on any atom is 0.123 e. The van der Waals surface area contributed by atoms with Crippen LogP contribution in [0.5, 0.6) is 5.75 Å². The summed E-state index contributed by atoms with van der Waals surface area (Å²) >= 11 is 0. The molecule has 2 nitrogen and oxygen atoms in total. The van der Waals surface area contributed by atoms with Crippen molar-refractivity contribution in [1.29, 1.82) is 0 Å². The van der Waals surface area contributed by atoms with Gasteiger partial charge in [-0.05, 0) is 55.2 Å².